The van der Waals surface area contributed by atoms with Crippen LogP contribution in [0.3, 0.4) is 0 Å². The van der Waals surface area contributed by atoms with Gasteiger partial charge in [-0.05, 0) is 6.92 Å². The van der Waals surface area contributed by atoms with E-state index in [0.717, 1.165) is 0 Å². The Morgan fingerprint density at radius 1 is 1.80 bits per heavy atom. The molecule has 1 rings (SSSR count). The molecule has 1 heterocycles. The first-order valence-electron chi connectivity index (χ1n) is 2.83. The van der Waals surface area contributed by atoms with Crippen molar-refractivity contribution < 1.29 is 19.7 Å². The summed E-state index contributed by atoms with van der Waals surface area (Å²) in [6.45, 7) is 1.39. The fourth-order valence-electron chi connectivity index (χ4n) is 0.124. The summed E-state index contributed by atoms with van der Waals surface area (Å²) in [5.41, 5.74) is 0. The van der Waals surface area contributed by atoms with Crippen molar-refractivity contribution in [1.82, 2.24) is 0 Å². The van der Waals surface area contributed by atoms with E-state index in [4.69, 9.17) is 10.2 Å². The fraction of sp³-hybridized carbons (Fsp3) is 0.500. The van der Waals surface area contributed by atoms with Gasteiger partial charge in [-0.1, -0.05) is 0 Å². The number of rotatable bonds is 1. The van der Waals surface area contributed by atoms with E-state index in [1.165, 1.54) is 19.3 Å². The highest BCUT2D eigenvalue weighted by Crippen LogP contribution is 1.91. The van der Waals surface area contributed by atoms with Crippen molar-refractivity contribution in [1.29, 1.82) is 0 Å². The number of aliphatic hydroxyl groups excluding tert-OH is 2. The van der Waals surface area contributed by atoms with Crippen LogP contribution in [0, 0.1) is 0 Å². The highest BCUT2D eigenvalue weighted by Gasteiger charge is 1.99. The van der Waals surface area contributed by atoms with Crippen LogP contribution in [0.4, 0.5) is 0 Å². The van der Waals surface area contributed by atoms with Gasteiger partial charge in [0.2, 0.25) is 0 Å². The molecule has 0 aromatic heterocycles. The predicted octanol–water partition coefficient (Wildman–Crippen LogP) is -0.584. The van der Waals surface area contributed by atoms with Gasteiger partial charge in [0.1, 0.15) is 6.26 Å². The Labute approximate surface area is 58.7 Å². The molecular weight excluding hydrogens is 136 g/mol. The van der Waals surface area contributed by atoms with Crippen LogP contribution in [0.1, 0.15) is 6.92 Å². The number of carbonyl (C=O) groups excluding carboxylic acids is 1. The van der Waals surface area contributed by atoms with Crippen LogP contribution in [0.5, 0.6) is 0 Å². The summed E-state index contributed by atoms with van der Waals surface area (Å²) in [5.74, 6) is -0.245. The van der Waals surface area contributed by atoms with Gasteiger partial charge in [-0.2, -0.15) is 0 Å². The van der Waals surface area contributed by atoms with Crippen LogP contribution in [0.25, 0.3) is 0 Å². The Balaban J connectivity index is 0.000000162. The Kier molecular flexibility index (Phi) is 4.53. The minimum absolute atomic E-state index is 0.139. The number of esters is 1. The van der Waals surface area contributed by atoms with Crippen LogP contribution in [0.2, 0.25) is 0 Å². The van der Waals surface area contributed by atoms with Crippen LogP contribution in [-0.2, 0) is 9.53 Å². The summed E-state index contributed by atoms with van der Waals surface area (Å²) in [4.78, 5) is 9.59. The van der Waals surface area contributed by atoms with Crippen molar-refractivity contribution in [2.45, 2.75) is 13.0 Å². The highest BCUT2D eigenvalue weighted by atomic mass is 16.5. The number of ether oxygens (including phenoxy) is 1. The van der Waals surface area contributed by atoms with Crippen LogP contribution < -0.4 is 0 Å². The summed E-state index contributed by atoms with van der Waals surface area (Å²) in [7, 11) is 0. The first-order chi connectivity index (χ1) is 4.66. The summed E-state index contributed by atoms with van der Waals surface area (Å²) < 4.78 is 4.11. The Bertz CT molecular complexity index is 128. The van der Waals surface area contributed by atoms with E-state index in [1.807, 2.05) is 0 Å². The molecular formula is C6H10O4. The zero-order valence-electron chi connectivity index (χ0n) is 5.65. The van der Waals surface area contributed by atoms with E-state index in [-0.39, 0.29) is 12.6 Å². The molecule has 0 radical (unpaired) electrons. The molecule has 1 aliphatic rings. The summed E-state index contributed by atoms with van der Waals surface area (Å²) in [6.07, 6.45) is 2.15. The molecule has 0 fully saturated rings. The van der Waals surface area contributed by atoms with Crippen LogP contribution in [-0.4, -0.2) is 28.9 Å². The molecule has 0 bridgehead atoms. The smallest absolute Gasteiger partial charge is 0.338 e. The molecule has 1 aliphatic heterocycles. The fourth-order valence-corrected chi connectivity index (χ4v) is 0.124. The van der Waals surface area contributed by atoms with E-state index >= 15 is 0 Å². The van der Waals surface area contributed by atoms with Crippen molar-refractivity contribution in [2.24, 2.45) is 0 Å². The van der Waals surface area contributed by atoms with Crippen molar-refractivity contribution in [3.63, 3.8) is 0 Å². The minimum atomic E-state index is -0.560. The molecule has 0 aromatic carbocycles. The topological polar surface area (TPSA) is 66.8 Å². The SMILES string of the molecule is CC(O)CO.O=C1C=CO1. The summed E-state index contributed by atoms with van der Waals surface area (Å²) in [6, 6.07) is 0. The largest absolute Gasteiger partial charge is 0.431 e. The lowest BCUT2D eigenvalue weighted by atomic mass is 10.5. The van der Waals surface area contributed by atoms with E-state index in [9.17, 15) is 4.79 Å². The number of cyclic esters (lactones) is 1. The molecule has 4 heteroatoms. The molecule has 0 saturated carbocycles. The zero-order chi connectivity index (χ0) is 7.98. The Hall–Kier alpha value is -0.870. The molecule has 1 atom stereocenters. The van der Waals surface area contributed by atoms with Crippen LogP contribution in [0.15, 0.2) is 12.3 Å². The number of aliphatic hydroxyl groups is 2. The molecule has 0 amide bonds. The third-order valence-electron chi connectivity index (χ3n) is 0.653. The zero-order valence-corrected chi connectivity index (χ0v) is 5.65. The van der Waals surface area contributed by atoms with Gasteiger partial charge in [-0.15, -0.1) is 0 Å². The molecule has 0 spiro atoms. The lowest BCUT2D eigenvalue weighted by Gasteiger charge is -1.96. The van der Waals surface area contributed by atoms with Gasteiger partial charge in [-0.25, -0.2) is 4.79 Å². The molecule has 4 nitrogen and oxygen atoms in total. The first-order valence-corrected chi connectivity index (χ1v) is 2.83. The highest BCUT2D eigenvalue weighted by molar-refractivity contribution is 5.86. The Morgan fingerprint density at radius 2 is 2.10 bits per heavy atom. The van der Waals surface area contributed by atoms with E-state index in [2.05, 4.69) is 4.74 Å². The first kappa shape index (κ1) is 9.13. The van der Waals surface area contributed by atoms with Gasteiger partial charge in [0.05, 0.1) is 18.8 Å². The van der Waals surface area contributed by atoms with Gasteiger partial charge in [0.25, 0.3) is 0 Å². The number of hydrogen-bond acceptors (Lipinski definition) is 4. The van der Waals surface area contributed by atoms with Gasteiger partial charge >= 0.3 is 5.97 Å². The average Bonchev–Trinajstić information content (AvgIpc) is 1.85. The lowest BCUT2D eigenvalue weighted by molar-refractivity contribution is -0.136. The number of carbonyl (C=O) groups is 1. The van der Waals surface area contributed by atoms with E-state index < -0.39 is 6.10 Å². The van der Waals surface area contributed by atoms with Crippen LogP contribution >= 0.6 is 0 Å². The van der Waals surface area contributed by atoms with Gasteiger partial charge in [0, 0.05) is 0 Å². The maximum Gasteiger partial charge on any atom is 0.338 e. The maximum absolute atomic E-state index is 9.59. The summed E-state index contributed by atoms with van der Waals surface area (Å²) >= 11 is 0. The predicted molar refractivity (Wildman–Crippen MR) is 34.0 cm³/mol. The molecule has 58 valence electrons. The molecule has 0 aromatic rings. The van der Waals surface area contributed by atoms with Gasteiger partial charge in [-0.3, -0.25) is 0 Å². The molecule has 10 heavy (non-hydrogen) atoms. The molecule has 1 unspecified atom stereocenters. The van der Waals surface area contributed by atoms with Gasteiger partial charge in [0.15, 0.2) is 0 Å². The molecule has 0 saturated heterocycles. The van der Waals surface area contributed by atoms with E-state index in [0.29, 0.717) is 0 Å². The standard InChI is InChI=1S/C3H2O2.C3H8O2/c4-3-1-2-5-3;1-3(5)2-4/h1-2H;3-5H,2H2,1H3. The monoisotopic (exact) mass is 146 g/mol. The third-order valence-corrected chi connectivity index (χ3v) is 0.653. The maximum atomic E-state index is 9.59. The second-order valence-corrected chi connectivity index (χ2v) is 1.77. The molecule has 0 aliphatic carbocycles. The van der Waals surface area contributed by atoms with Gasteiger partial charge < -0.3 is 14.9 Å². The average molecular weight is 146 g/mol. The van der Waals surface area contributed by atoms with E-state index in [1.54, 1.807) is 0 Å². The number of hydrogen-bond donors (Lipinski definition) is 2. The van der Waals surface area contributed by atoms with Crippen molar-refractivity contribution in [3.05, 3.63) is 12.3 Å². The quantitative estimate of drug-likeness (QED) is 0.485. The second-order valence-electron chi connectivity index (χ2n) is 1.77. The Morgan fingerprint density at radius 3 is 2.10 bits per heavy atom. The van der Waals surface area contributed by atoms with Crippen molar-refractivity contribution in [2.75, 3.05) is 6.61 Å². The minimum Gasteiger partial charge on any atom is -0.431 e. The van der Waals surface area contributed by atoms with Crippen molar-refractivity contribution in [3.8, 4) is 0 Å². The third kappa shape index (κ3) is 5.27. The molecule has 2 N–H and O–H groups in total. The van der Waals surface area contributed by atoms with Crippen molar-refractivity contribution >= 4 is 5.97 Å². The lowest BCUT2D eigenvalue weighted by Crippen LogP contribution is -2.03. The summed E-state index contributed by atoms with van der Waals surface area (Å²) in [5, 5.41) is 16.0. The second kappa shape index (κ2) is 4.96. The normalized spacial score (nSPS) is 16.1.